The van der Waals surface area contributed by atoms with Gasteiger partial charge in [-0.2, -0.15) is 5.26 Å². The average molecular weight is 294 g/mol. The lowest BCUT2D eigenvalue weighted by Crippen LogP contribution is -2.20. The summed E-state index contributed by atoms with van der Waals surface area (Å²) in [7, 11) is 3.63. The van der Waals surface area contributed by atoms with Crippen LogP contribution in [0.1, 0.15) is 27.5 Å². The molecular formula is C18H18N2O2. The molecule has 22 heavy (non-hydrogen) atoms. The van der Waals surface area contributed by atoms with Crippen LogP contribution in [0.3, 0.4) is 0 Å². The Hall–Kier alpha value is -2.64. The molecule has 0 aromatic heterocycles. The van der Waals surface area contributed by atoms with Gasteiger partial charge in [-0.3, -0.25) is 4.90 Å². The molecule has 2 aromatic carbocycles. The third kappa shape index (κ3) is 3.51. The summed E-state index contributed by atoms with van der Waals surface area (Å²) in [4.78, 5) is 14.1. The summed E-state index contributed by atoms with van der Waals surface area (Å²) < 4.78 is 5.50. The predicted octanol–water partition coefficient (Wildman–Crippen LogP) is 3.34. The van der Waals surface area contributed by atoms with Gasteiger partial charge in [0.1, 0.15) is 11.8 Å². The SMILES string of the molecule is Cc1cccc(C(=O)Oc2ccccc2C(C#N)N(C)C)c1. The molecule has 0 aliphatic heterocycles. The van der Waals surface area contributed by atoms with E-state index in [2.05, 4.69) is 6.07 Å². The fourth-order valence-electron chi connectivity index (χ4n) is 2.19. The van der Waals surface area contributed by atoms with Gasteiger partial charge in [-0.1, -0.05) is 35.9 Å². The molecule has 1 unspecified atom stereocenters. The van der Waals surface area contributed by atoms with E-state index in [-0.39, 0.29) is 0 Å². The summed E-state index contributed by atoms with van der Waals surface area (Å²) in [5, 5.41) is 9.33. The van der Waals surface area contributed by atoms with Crippen LogP contribution in [-0.2, 0) is 0 Å². The Bertz CT molecular complexity index is 717. The Morgan fingerprint density at radius 2 is 1.91 bits per heavy atom. The maximum atomic E-state index is 12.3. The number of carbonyl (C=O) groups excluding carboxylic acids is 1. The number of rotatable bonds is 4. The van der Waals surface area contributed by atoms with Crippen LogP contribution in [-0.4, -0.2) is 25.0 Å². The van der Waals surface area contributed by atoms with Gasteiger partial charge in [0, 0.05) is 5.56 Å². The fourth-order valence-corrected chi connectivity index (χ4v) is 2.19. The zero-order valence-electron chi connectivity index (χ0n) is 12.9. The summed E-state index contributed by atoms with van der Waals surface area (Å²) in [6.07, 6.45) is 0. The summed E-state index contributed by atoms with van der Waals surface area (Å²) in [5.74, 6) is -0.0131. The van der Waals surface area contributed by atoms with Gasteiger partial charge in [-0.15, -0.1) is 0 Å². The predicted molar refractivity (Wildman–Crippen MR) is 84.6 cm³/mol. The van der Waals surface area contributed by atoms with E-state index in [0.717, 1.165) is 5.56 Å². The fraction of sp³-hybridized carbons (Fsp3) is 0.222. The number of benzene rings is 2. The Morgan fingerprint density at radius 1 is 1.18 bits per heavy atom. The maximum Gasteiger partial charge on any atom is 0.343 e. The van der Waals surface area contributed by atoms with Gasteiger partial charge in [-0.05, 0) is 39.2 Å². The van der Waals surface area contributed by atoms with Crippen LogP contribution in [0.25, 0.3) is 0 Å². The molecule has 0 aliphatic carbocycles. The molecule has 0 bridgehead atoms. The van der Waals surface area contributed by atoms with E-state index in [1.807, 2.05) is 39.2 Å². The Labute approximate surface area is 130 Å². The number of hydrogen-bond donors (Lipinski definition) is 0. The summed E-state index contributed by atoms with van der Waals surface area (Å²) in [5.41, 5.74) is 2.16. The Morgan fingerprint density at radius 3 is 2.55 bits per heavy atom. The highest BCUT2D eigenvalue weighted by molar-refractivity contribution is 5.91. The molecule has 0 aliphatic rings. The van der Waals surface area contributed by atoms with Crippen LogP contribution in [0.4, 0.5) is 0 Å². The van der Waals surface area contributed by atoms with Crippen LogP contribution >= 0.6 is 0 Å². The van der Waals surface area contributed by atoms with Gasteiger partial charge in [-0.25, -0.2) is 4.79 Å². The van der Waals surface area contributed by atoms with Gasteiger partial charge in [0.05, 0.1) is 11.6 Å². The number of aryl methyl sites for hydroxylation is 1. The van der Waals surface area contributed by atoms with Gasteiger partial charge < -0.3 is 4.74 Å². The lowest BCUT2D eigenvalue weighted by molar-refractivity contribution is 0.0731. The van der Waals surface area contributed by atoms with Gasteiger partial charge in [0.2, 0.25) is 0 Å². The summed E-state index contributed by atoms with van der Waals surface area (Å²) in [6, 6.07) is 16.1. The first-order valence-electron chi connectivity index (χ1n) is 6.96. The molecule has 112 valence electrons. The average Bonchev–Trinajstić information content (AvgIpc) is 2.49. The van der Waals surface area contributed by atoms with Crippen LogP contribution in [0, 0.1) is 18.3 Å². The van der Waals surface area contributed by atoms with Crippen molar-refractivity contribution in [1.82, 2.24) is 4.90 Å². The first-order chi connectivity index (χ1) is 10.5. The van der Waals surface area contributed by atoms with Crippen molar-refractivity contribution < 1.29 is 9.53 Å². The largest absolute Gasteiger partial charge is 0.423 e. The zero-order chi connectivity index (χ0) is 16.1. The van der Waals surface area contributed by atoms with E-state index in [9.17, 15) is 10.1 Å². The van der Waals surface area contributed by atoms with Crippen molar-refractivity contribution in [1.29, 1.82) is 5.26 Å². The van der Waals surface area contributed by atoms with E-state index < -0.39 is 12.0 Å². The minimum absolute atomic E-state index is 0.411. The minimum Gasteiger partial charge on any atom is -0.423 e. The minimum atomic E-state index is -0.471. The third-order valence-electron chi connectivity index (χ3n) is 3.31. The standard InChI is InChI=1S/C18H18N2O2/c1-13-7-6-8-14(11-13)18(21)22-17-10-5-4-9-15(17)16(12-19)20(2)3/h4-11,16H,1-3H3. The van der Waals surface area contributed by atoms with Crippen LogP contribution in [0.15, 0.2) is 48.5 Å². The topological polar surface area (TPSA) is 53.3 Å². The monoisotopic (exact) mass is 294 g/mol. The van der Waals surface area contributed by atoms with Crippen molar-refractivity contribution in [3.63, 3.8) is 0 Å². The highest BCUT2D eigenvalue weighted by Gasteiger charge is 2.19. The molecule has 0 spiro atoms. The van der Waals surface area contributed by atoms with Crippen molar-refractivity contribution in [2.75, 3.05) is 14.1 Å². The van der Waals surface area contributed by atoms with Gasteiger partial charge in [0.25, 0.3) is 0 Å². The van der Waals surface area contributed by atoms with Crippen molar-refractivity contribution in [2.24, 2.45) is 0 Å². The van der Waals surface area contributed by atoms with E-state index in [0.29, 0.717) is 16.9 Å². The first kappa shape index (κ1) is 15.7. The second kappa shape index (κ2) is 6.88. The zero-order valence-corrected chi connectivity index (χ0v) is 12.9. The molecule has 0 amide bonds. The lowest BCUT2D eigenvalue weighted by Gasteiger charge is -2.20. The second-order valence-electron chi connectivity index (χ2n) is 5.29. The van der Waals surface area contributed by atoms with Crippen LogP contribution in [0.5, 0.6) is 5.75 Å². The quantitative estimate of drug-likeness (QED) is 0.641. The van der Waals surface area contributed by atoms with Crippen molar-refractivity contribution >= 4 is 5.97 Å². The Balaban J connectivity index is 2.31. The number of ether oxygens (including phenoxy) is 1. The summed E-state index contributed by atoms with van der Waals surface area (Å²) in [6.45, 7) is 1.92. The molecule has 2 rings (SSSR count). The molecule has 0 N–H and O–H groups in total. The van der Waals surface area contributed by atoms with Crippen LogP contribution in [0.2, 0.25) is 0 Å². The highest BCUT2D eigenvalue weighted by Crippen LogP contribution is 2.28. The normalized spacial score (nSPS) is 11.8. The number of nitrogens with zero attached hydrogens (tertiary/aromatic N) is 2. The molecule has 0 saturated carbocycles. The number of nitriles is 1. The van der Waals surface area contributed by atoms with Crippen molar-refractivity contribution in [3.05, 3.63) is 65.2 Å². The van der Waals surface area contributed by atoms with Crippen molar-refractivity contribution in [2.45, 2.75) is 13.0 Å². The van der Waals surface area contributed by atoms with Crippen LogP contribution < -0.4 is 4.74 Å². The number of esters is 1. The molecule has 0 fully saturated rings. The molecule has 4 nitrogen and oxygen atoms in total. The number of hydrogen-bond acceptors (Lipinski definition) is 4. The molecular weight excluding hydrogens is 276 g/mol. The van der Waals surface area contributed by atoms with E-state index in [1.165, 1.54) is 0 Å². The van der Waals surface area contributed by atoms with E-state index >= 15 is 0 Å². The molecule has 1 atom stereocenters. The molecule has 2 aromatic rings. The van der Waals surface area contributed by atoms with E-state index in [4.69, 9.17) is 4.74 Å². The molecule has 0 radical (unpaired) electrons. The smallest absolute Gasteiger partial charge is 0.343 e. The number of para-hydroxylation sites is 1. The maximum absolute atomic E-state index is 12.3. The molecule has 4 heteroatoms. The van der Waals surface area contributed by atoms with Gasteiger partial charge in [0.15, 0.2) is 0 Å². The summed E-state index contributed by atoms with van der Waals surface area (Å²) >= 11 is 0. The second-order valence-corrected chi connectivity index (χ2v) is 5.29. The third-order valence-corrected chi connectivity index (χ3v) is 3.31. The van der Waals surface area contributed by atoms with E-state index in [1.54, 1.807) is 35.2 Å². The Kier molecular flexibility index (Phi) is 4.92. The van der Waals surface area contributed by atoms with Gasteiger partial charge >= 0.3 is 5.97 Å². The molecule has 0 saturated heterocycles. The lowest BCUT2D eigenvalue weighted by atomic mass is 10.1. The molecule has 0 heterocycles. The highest BCUT2D eigenvalue weighted by atomic mass is 16.5. The van der Waals surface area contributed by atoms with Crippen molar-refractivity contribution in [3.8, 4) is 11.8 Å². The number of carbonyl (C=O) groups is 1. The first-order valence-corrected chi connectivity index (χ1v) is 6.96.